The van der Waals surface area contributed by atoms with Gasteiger partial charge in [-0.25, -0.2) is 4.98 Å². The number of benzene rings is 9. The van der Waals surface area contributed by atoms with Crippen LogP contribution in [-0.4, -0.2) is 24.1 Å². The van der Waals surface area contributed by atoms with Gasteiger partial charge in [-0.1, -0.05) is 170 Å². The van der Waals surface area contributed by atoms with E-state index in [2.05, 4.69) is 197 Å². The summed E-state index contributed by atoms with van der Waals surface area (Å²) in [4.78, 5) is 15.7. The van der Waals surface area contributed by atoms with Crippen molar-refractivity contribution >= 4 is 54.4 Å². The first-order valence-electron chi connectivity index (χ1n) is 20.3. The molecule has 0 atom stereocenters. The summed E-state index contributed by atoms with van der Waals surface area (Å²) in [7, 11) is 0. The monoisotopic (exact) mass is 765 g/mol. The maximum atomic E-state index is 5.32. The molecule has 0 bridgehead atoms. The van der Waals surface area contributed by atoms with Crippen LogP contribution < -0.4 is 0 Å². The summed E-state index contributed by atoms with van der Waals surface area (Å²) in [6.07, 6.45) is 0. The van der Waals surface area contributed by atoms with Crippen LogP contribution in [0.25, 0.3) is 111 Å². The molecule has 0 saturated heterocycles. The van der Waals surface area contributed by atoms with E-state index >= 15 is 0 Å². The lowest BCUT2D eigenvalue weighted by atomic mass is 10.0. The van der Waals surface area contributed by atoms with Crippen molar-refractivity contribution in [3.8, 4) is 56.7 Å². The van der Waals surface area contributed by atoms with E-state index in [4.69, 9.17) is 15.0 Å². The van der Waals surface area contributed by atoms with Crippen LogP contribution in [0, 0.1) is 0 Å². The van der Waals surface area contributed by atoms with Crippen molar-refractivity contribution in [2.75, 3.05) is 0 Å². The molecule has 5 heteroatoms. The van der Waals surface area contributed by atoms with Gasteiger partial charge in [0, 0.05) is 38.4 Å². The van der Waals surface area contributed by atoms with Crippen molar-refractivity contribution in [1.29, 1.82) is 0 Å². The first-order valence-corrected chi connectivity index (χ1v) is 20.3. The quantitative estimate of drug-likeness (QED) is 0.169. The third-order valence-electron chi connectivity index (χ3n) is 11.8. The largest absolute Gasteiger partial charge is 0.309 e. The number of nitrogens with zero attached hydrogens (tertiary/aromatic N) is 5. The molecule has 0 fully saturated rings. The molecule has 0 N–H and O–H groups in total. The maximum absolute atomic E-state index is 5.32. The van der Waals surface area contributed by atoms with E-state index in [1.165, 1.54) is 38.1 Å². The zero-order chi connectivity index (χ0) is 39.6. The Balaban J connectivity index is 1.15. The highest BCUT2D eigenvalue weighted by molar-refractivity contribution is 6.33. The second-order valence-corrected chi connectivity index (χ2v) is 15.2. The molecule has 0 saturated carbocycles. The van der Waals surface area contributed by atoms with Gasteiger partial charge in [-0.3, -0.25) is 4.57 Å². The minimum Gasteiger partial charge on any atom is -0.309 e. The Morgan fingerprint density at radius 2 is 0.783 bits per heavy atom. The van der Waals surface area contributed by atoms with Crippen LogP contribution in [0.1, 0.15) is 0 Å². The van der Waals surface area contributed by atoms with Gasteiger partial charge >= 0.3 is 0 Å². The van der Waals surface area contributed by atoms with Crippen LogP contribution in [0.4, 0.5) is 0 Å². The Morgan fingerprint density at radius 1 is 0.283 bits per heavy atom. The van der Waals surface area contributed by atoms with Crippen LogP contribution in [-0.2, 0) is 0 Å². The Kier molecular flexibility index (Phi) is 7.78. The van der Waals surface area contributed by atoms with Gasteiger partial charge in [0.15, 0.2) is 11.6 Å². The molecular weight excluding hydrogens is 731 g/mol. The van der Waals surface area contributed by atoms with Gasteiger partial charge in [0.25, 0.3) is 0 Å². The van der Waals surface area contributed by atoms with Gasteiger partial charge in [0.05, 0.1) is 22.1 Å². The van der Waals surface area contributed by atoms with Gasteiger partial charge in [-0.15, -0.1) is 0 Å². The summed E-state index contributed by atoms with van der Waals surface area (Å²) >= 11 is 0. The van der Waals surface area contributed by atoms with E-state index in [-0.39, 0.29) is 0 Å². The third-order valence-corrected chi connectivity index (χ3v) is 11.8. The predicted molar refractivity (Wildman–Crippen MR) is 248 cm³/mol. The minimum absolute atomic E-state index is 0.569. The third kappa shape index (κ3) is 5.44. The minimum atomic E-state index is 0.569. The number of fused-ring (bicyclic) bond motifs is 9. The first kappa shape index (κ1) is 33.9. The van der Waals surface area contributed by atoms with Crippen molar-refractivity contribution in [1.82, 2.24) is 24.1 Å². The molecule has 0 aliphatic carbocycles. The molecule has 0 spiro atoms. The highest BCUT2D eigenvalue weighted by Gasteiger charge is 2.24. The van der Waals surface area contributed by atoms with Gasteiger partial charge in [-0.2, -0.15) is 9.97 Å². The molecule has 12 rings (SSSR count). The number of rotatable bonds is 6. The molecule has 3 heterocycles. The predicted octanol–water partition coefficient (Wildman–Crippen LogP) is 13.9. The van der Waals surface area contributed by atoms with Gasteiger partial charge in [0.2, 0.25) is 5.95 Å². The van der Waals surface area contributed by atoms with Crippen LogP contribution in [0.2, 0.25) is 0 Å². The highest BCUT2D eigenvalue weighted by Crippen LogP contribution is 2.44. The number of aromatic nitrogens is 5. The first-order chi connectivity index (χ1) is 29.8. The summed E-state index contributed by atoms with van der Waals surface area (Å²) < 4.78 is 4.65. The molecule has 0 unspecified atom stereocenters. The lowest BCUT2D eigenvalue weighted by Crippen LogP contribution is -2.06. The summed E-state index contributed by atoms with van der Waals surface area (Å²) in [6.45, 7) is 0. The van der Waals surface area contributed by atoms with Crippen molar-refractivity contribution in [3.63, 3.8) is 0 Å². The Bertz CT molecular complexity index is 3570. The van der Waals surface area contributed by atoms with Crippen LogP contribution in [0.5, 0.6) is 0 Å². The fraction of sp³-hybridized carbons (Fsp3) is 0. The molecule has 12 aromatic rings. The van der Waals surface area contributed by atoms with Crippen molar-refractivity contribution in [3.05, 3.63) is 212 Å². The Labute approximate surface area is 346 Å². The zero-order valence-corrected chi connectivity index (χ0v) is 32.4. The molecule has 0 aliphatic rings. The van der Waals surface area contributed by atoms with Gasteiger partial charge in [-0.05, 0) is 75.5 Å². The fourth-order valence-electron chi connectivity index (χ4n) is 9.03. The number of hydrogen-bond acceptors (Lipinski definition) is 3. The molecule has 5 nitrogen and oxygen atoms in total. The number of hydrogen-bond donors (Lipinski definition) is 0. The highest BCUT2D eigenvalue weighted by atomic mass is 15.2. The number of para-hydroxylation sites is 1. The van der Waals surface area contributed by atoms with Crippen LogP contribution in [0.15, 0.2) is 212 Å². The molecular formula is C55H35N5. The van der Waals surface area contributed by atoms with E-state index in [1.54, 1.807) is 0 Å². The van der Waals surface area contributed by atoms with Crippen molar-refractivity contribution in [2.24, 2.45) is 0 Å². The summed E-state index contributed by atoms with van der Waals surface area (Å²) in [5.74, 6) is 1.80. The summed E-state index contributed by atoms with van der Waals surface area (Å²) in [6, 6.07) is 75.0. The smallest absolute Gasteiger partial charge is 0.238 e. The molecule has 0 aliphatic heterocycles. The lowest BCUT2D eigenvalue weighted by molar-refractivity contribution is 0.953. The summed E-state index contributed by atoms with van der Waals surface area (Å²) in [5.41, 5.74) is 12.0. The average Bonchev–Trinajstić information content (AvgIpc) is 3.86. The Hall–Kier alpha value is -8.15. The molecule has 3 aromatic heterocycles. The molecule has 9 aromatic carbocycles. The topological polar surface area (TPSA) is 48.5 Å². The summed E-state index contributed by atoms with van der Waals surface area (Å²) in [5, 5.41) is 7.15. The second-order valence-electron chi connectivity index (χ2n) is 15.2. The van der Waals surface area contributed by atoms with E-state index in [0.717, 1.165) is 55.4 Å². The van der Waals surface area contributed by atoms with Crippen molar-refractivity contribution < 1.29 is 0 Å². The Morgan fingerprint density at radius 3 is 1.52 bits per heavy atom. The standard InChI is InChI=1S/C55H35N5/c1-4-15-36(16-5-1)38-27-30-43(31-28-38)59-47-32-29-39-19-10-11-24-44(39)50(47)52-49(59)34-33-48-51(52)45-25-12-13-26-46(45)60(48)55-57-53(40-20-8-3-9-21-40)56-54(58-55)42-23-14-22-41(35-42)37-17-6-2-7-18-37/h1-35H. The lowest BCUT2D eigenvalue weighted by Gasteiger charge is -2.12. The fourth-order valence-corrected chi connectivity index (χ4v) is 9.03. The van der Waals surface area contributed by atoms with Crippen molar-refractivity contribution in [2.45, 2.75) is 0 Å². The van der Waals surface area contributed by atoms with E-state index in [0.29, 0.717) is 17.6 Å². The second kappa shape index (κ2) is 13.8. The normalized spacial score (nSPS) is 11.7. The van der Waals surface area contributed by atoms with Crippen LogP contribution >= 0.6 is 0 Å². The van der Waals surface area contributed by atoms with Crippen LogP contribution in [0.3, 0.4) is 0 Å². The van der Waals surface area contributed by atoms with Gasteiger partial charge in [0.1, 0.15) is 0 Å². The maximum Gasteiger partial charge on any atom is 0.238 e. The molecule has 0 amide bonds. The zero-order valence-electron chi connectivity index (χ0n) is 32.4. The van der Waals surface area contributed by atoms with E-state index in [1.807, 2.05) is 24.3 Å². The molecule has 60 heavy (non-hydrogen) atoms. The van der Waals surface area contributed by atoms with Gasteiger partial charge < -0.3 is 4.57 Å². The molecule has 0 radical (unpaired) electrons. The average molecular weight is 766 g/mol. The molecule has 280 valence electrons. The SMILES string of the molecule is c1ccc(-c2ccc(-n3c4ccc5ccccc5c4c4c5c6ccccc6n(-c6nc(-c7ccccc7)nc(-c7cccc(-c8ccccc8)c7)n6)c5ccc43)cc2)cc1. The van der Waals surface area contributed by atoms with E-state index in [9.17, 15) is 0 Å². The van der Waals surface area contributed by atoms with E-state index < -0.39 is 0 Å².